The van der Waals surface area contributed by atoms with Crippen molar-refractivity contribution in [2.75, 3.05) is 5.32 Å². The number of hydrogen-bond acceptors (Lipinski definition) is 4. The average Bonchev–Trinajstić information content (AvgIpc) is 4.15. The van der Waals surface area contributed by atoms with Crippen LogP contribution in [0.5, 0.6) is 0 Å². The first-order valence-corrected chi connectivity index (χ1v) is 26.9. The summed E-state index contributed by atoms with van der Waals surface area (Å²) < 4.78 is 18.0. The van der Waals surface area contributed by atoms with E-state index in [-0.39, 0.29) is 16.2 Å². The summed E-state index contributed by atoms with van der Waals surface area (Å²) in [5.74, 6) is 0. The van der Waals surface area contributed by atoms with Gasteiger partial charge in [0.15, 0.2) is 7.28 Å². The van der Waals surface area contributed by atoms with Gasteiger partial charge in [0.05, 0.1) is 22.1 Å². The lowest BCUT2D eigenvalue weighted by atomic mass is 9.58. The fourth-order valence-electron chi connectivity index (χ4n) is 11.9. The number of furan rings is 2. The summed E-state index contributed by atoms with van der Waals surface area (Å²) in [6.45, 7) is 20.6. The first-order chi connectivity index (χ1) is 35.6. The molecule has 0 spiro atoms. The normalized spacial score (nSPS) is 13.0. The summed E-state index contributed by atoms with van der Waals surface area (Å²) in [6, 6.07) is 63.1. The first-order valence-electron chi connectivity index (χ1n) is 26.1. The number of hydrogen-bond donors (Lipinski definition) is 1. The number of thiophene rings is 1. The molecule has 0 fully saturated rings. The third-order valence-corrected chi connectivity index (χ3v) is 17.1. The molecule has 360 valence electrons. The van der Waals surface area contributed by atoms with E-state index in [1.54, 1.807) is 0 Å². The van der Waals surface area contributed by atoms with E-state index in [0.29, 0.717) is 0 Å². The predicted octanol–water partition coefficient (Wildman–Crippen LogP) is 18.1. The van der Waals surface area contributed by atoms with Crippen molar-refractivity contribution < 1.29 is 8.83 Å². The van der Waals surface area contributed by atoms with Gasteiger partial charge in [0.1, 0.15) is 22.3 Å². The van der Waals surface area contributed by atoms with Crippen LogP contribution in [0.25, 0.3) is 114 Å². The Bertz CT molecular complexity index is 4450. The SMILES string of the molecule is CC(C)(C)c1ccc(Nc2cc3oc4ccc(C(C)(C)C)cc4c3cc2-c2c3c4c(c5cc(C(C)(C)C)ccc5n4-c4cc5c(-c6ccccc6)c(-c6ccccc6)sc5cc4B3)c3oc4ccccc4c23)cc1. The van der Waals surface area contributed by atoms with E-state index in [2.05, 4.69) is 242 Å². The van der Waals surface area contributed by atoms with Crippen LogP contribution in [0.15, 0.2) is 179 Å². The minimum absolute atomic E-state index is 0.0259. The number of benzene rings is 9. The zero-order chi connectivity index (χ0) is 50.6. The molecule has 0 radical (unpaired) electrons. The number of anilines is 2. The Morgan fingerprint density at radius 1 is 0.486 bits per heavy atom. The lowest BCUT2D eigenvalue weighted by Crippen LogP contribution is -2.37. The second-order valence-corrected chi connectivity index (χ2v) is 24.9. The smallest absolute Gasteiger partial charge is 0.198 e. The summed E-state index contributed by atoms with van der Waals surface area (Å²) in [4.78, 5) is 1.29. The Hall–Kier alpha value is -7.80. The molecule has 0 unspecified atom stereocenters. The topological polar surface area (TPSA) is 43.2 Å². The van der Waals surface area contributed by atoms with E-state index in [0.717, 1.165) is 73.5 Å². The molecule has 0 aliphatic carbocycles. The third-order valence-electron chi connectivity index (χ3n) is 15.9. The van der Waals surface area contributed by atoms with Crippen LogP contribution in [0.3, 0.4) is 0 Å². The van der Waals surface area contributed by atoms with Crippen molar-refractivity contribution in [3.8, 4) is 38.4 Å². The lowest BCUT2D eigenvalue weighted by molar-refractivity contribution is 0.590. The molecule has 4 nitrogen and oxygen atoms in total. The van der Waals surface area contributed by atoms with E-state index in [1.807, 2.05) is 11.3 Å². The van der Waals surface area contributed by atoms with E-state index in [4.69, 9.17) is 8.83 Å². The quantitative estimate of drug-likeness (QED) is 0.175. The highest BCUT2D eigenvalue weighted by molar-refractivity contribution is 7.23. The van der Waals surface area contributed by atoms with Gasteiger partial charge in [-0.1, -0.05) is 171 Å². The summed E-state index contributed by atoms with van der Waals surface area (Å²) in [5, 5.41) is 12.1. The highest BCUT2D eigenvalue weighted by Gasteiger charge is 2.34. The molecule has 74 heavy (non-hydrogen) atoms. The Morgan fingerprint density at radius 2 is 1.11 bits per heavy atom. The fraction of sp³-hybridized carbons (Fsp3) is 0.176. The largest absolute Gasteiger partial charge is 0.456 e. The first kappa shape index (κ1) is 44.9. The van der Waals surface area contributed by atoms with Crippen LogP contribution in [-0.4, -0.2) is 11.8 Å². The van der Waals surface area contributed by atoms with E-state index in [9.17, 15) is 0 Å². The van der Waals surface area contributed by atoms with Crippen LogP contribution in [0.2, 0.25) is 0 Å². The van der Waals surface area contributed by atoms with E-state index < -0.39 is 0 Å². The summed E-state index contributed by atoms with van der Waals surface area (Å²) in [6.07, 6.45) is 0. The lowest BCUT2D eigenvalue weighted by Gasteiger charge is -2.25. The molecular formula is C68H57BN2O2S. The average molecular weight is 977 g/mol. The highest BCUT2D eigenvalue weighted by atomic mass is 32.1. The van der Waals surface area contributed by atoms with E-state index in [1.165, 1.54) is 86.9 Å². The van der Waals surface area contributed by atoms with Gasteiger partial charge in [-0.05, 0) is 116 Å². The van der Waals surface area contributed by atoms with Gasteiger partial charge in [-0.15, -0.1) is 11.3 Å². The molecule has 4 aromatic heterocycles. The van der Waals surface area contributed by atoms with Crippen molar-refractivity contribution in [2.45, 2.75) is 78.6 Å². The zero-order valence-corrected chi connectivity index (χ0v) is 44.4. The van der Waals surface area contributed by atoms with Crippen LogP contribution in [0, 0.1) is 0 Å². The van der Waals surface area contributed by atoms with Crippen LogP contribution in [0.4, 0.5) is 11.4 Å². The minimum atomic E-state index is -0.0704. The minimum Gasteiger partial charge on any atom is -0.456 e. The predicted molar refractivity (Wildman–Crippen MR) is 319 cm³/mol. The Morgan fingerprint density at radius 3 is 1.82 bits per heavy atom. The van der Waals surface area contributed by atoms with Gasteiger partial charge in [0, 0.05) is 70.5 Å². The monoisotopic (exact) mass is 976 g/mol. The maximum absolute atomic E-state index is 7.33. The Labute approximate surface area is 436 Å². The van der Waals surface area contributed by atoms with Crippen LogP contribution < -0.4 is 16.2 Å². The molecule has 6 heteroatoms. The maximum atomic E-state index is 7.33. The number of fused-ring (bicyclic) bond motifs is 13. The van der Waals surface area contributed by atoms with Gasteiger partial charge in [-0.3, -0.25) is 0 Å². The van der Waals surface area contributed by atoms with Crippen molar-refractivity contribution in [3.63, 3.8) is 0 Å². The van der Waals surface area contributed by atoms with Crippen LogP contribution in [-0.2, 0) is 16.2 Å². The molecule has 0 amide bonds. The second kappa shape index (κ2) is 15.9. The Balaban J connectivity index is 1.14. The molecular weight excluding hydrogens is 920 g/mol. The summed E-state index contributed by atoms with van der Waals surface area (Å²) >= 11 is 1.90. The molecule has 9 aromatic carbocycles. The molecule has 0 atom stereocenters. The van der Waals surface area contributed by atoms with Crippen molar-refractivity contribution in [3.05, 3.63) is 187 Å². The van der Waals surface area contributed by atoms with E-state index >= 15 is 0 Å². The number of rotatable bonds is 5. The van der Waals surface area contributed by atoms with Crippen LogP contribution >= 0.6 is 11.3 Å². The Kier molecular flexibility index (Phi) is 9.61. The number of nitrogens with one attached hydrogen (secondary N) is 1. The number of nitrogens with zero attached hydrogens (tertiary/aromatic N) is 1. The van der Waals surface area contributed by atoms with Crippen molar-refractivity contribution in [1.29, 1.82) is 0 Å². The van der Waals surface area contributed by atoms with Crippen LogP contribution in [0.1, 0.15) is 79.0 Å². The molecule has 1 N–H and O–H groups in total. The van der Waals surface area contributed by atoms with Gasteiger partial charge in [0.2, 0.25) is 0 Å². The molecule has 1 aliphatic rings. The summed E-state index contributed by atoms with van der Waals surface area (Å²) in [7, 11) is 0.728. The molecule has 0 bridgehead atoms. The number of para-hydroxylation sites is 1. The van der Waals surface area contributed by atoms with Crippen molar-refractivity contribution in [2.24, 2.45) is 0 Å². The molecule has 0 saturated carbocycles. The van der Waals surface area contributed by atoms with Crippen molar-refractivity contribution in [1.82, 2.24) is 4.57 Å². The van der Waals surface area contributed by atoms with Gasteiger partial charge in [-0.25, -0.2) is 0 Å². The van der Waals surface area contributed by atoms with Gasteiger partial charge in [-0.2, -0.15) is 0 Å². The molecule has 13 aromatic rings. The molecule has 1 aliphatic heterocycles. The van der Waals surface area contributed by atoms with Crippen molar-refractivity contribution >= 4 is 117 Å². The molecule has 14 rings (SSSR count). The number of aromatic nitrogens is 1. The molecule has 5 heterocycles. The van der Waals surface area contributed by atoms with Gasteiger partial charge < -0.3 is 18.7 Å². The molecule has 0 saturated heterocycles. The fourth-order valence-corrected chi connectivity index (χ4v) is 13.2. The maximum Gasteiger partial charge on any atom is 0.198 e. The second-order valence-electron chi connectivity index (χ2n) is 23.8. The third kappa shape index (κ3) is 6.87. The van der Waals surface area contributed by atoms with Gasteiger partial charge >= 0.3 is 0 Å². The standard InChI is InChI=1S/C68H57BN2O2S/c1-66(2,3)40-24-28-43(29-25-40)70-51-37-56-46(45-32-42(68(7,8)9)27-31-55(45)72-56)34-47(51)59-60-44-22-16-17-23-54(44)73-64(60)61-48-33-41(67(4,5)6)26-30-52(48)71-53-35-49-57(36-50(53)69-62(59)63(61)71)74-65(39-20-14-11-15-21-39)58(49)38-18-12-10-13-19-38/h10-37,69-70H,1-9H3. The summed E-state index contributed by atoms with van der Waals surface area (Å²) in [5.41, 5.74) is 21.5. The van der Waals surface area contributed by atoms with Gasteiger partial charge in [0.25, 0.3) is 0 Å². The highest BCUT2D eigenvalue weighted by Crippen LogP contribution is 2.51. The zero-order valence-electron chi connectivity index (χ0n) is 43.5.